The summed E-state index contributed by atoms with van der Waals surface area (Å²) < 4.78 is 41.5. The normalized spacial score (nSPS) is 14.3. The van der Waals surface area contributed by atoms with E-state index in [9.17, 15) is 22.8 Å². The predicted octanol–water partition coefficient (Wildman–Crippen LogP) is 7.06. The van der Waals surface area contributed by atoms with E-state index in [2.05, 4.69) is 20.7 Å². The van der Waals surface area contributed by atoms with Crippen molar-refractivity contribution in [3.8, 4) is 5.82 Å². The Hall–Kier alpha value is -3.63. The smallest absolute Gasteiger partial charge is 0.347 e. The third-order valence-corrected chi connectivity index (χ3v) is 7.29. The number of aromatic nitrogens is 3. The van der Waals surface area contributed by atoms with Crippen molar-refractivity contribution in [2.45, 2.75) is 44.3 Å². The molecule has 0 radical (unpaired) electrons. The minimum absolute atomic E-state index is 0.0159. The molecular weight excluding hydrogens is 554 g/mol. The largest absolute Gasteiger partial charge is 0.435 e. The van der Waals surface area contributed by atoms with Crippen molar-refractivity contribution < 1.29 is 22.8 Å². The fraction of sp³-hybridized carbons (Fsp3) is 0.259. The molecule has 0 aliphatic heterocycles. The summed E-state index contributed by atoms with van der Waals surface area (Å²) in [4.78, 5) is 31.0. The molecule has 2 heterocycles. The van der Waals surface area contributed by atoms with E-state index in [-0.39, 0.29) is 32.7 Å². The van der Waals surface area contributed by atoms with Crippen molar-refractivity contribution in [1.82, 2.24) is 20.1 Å². The van der Waals surface area contributed by atoms with E-state index in [1.807, 2.05) is 6.92 Å². The lowest BCUT2D eigenvalue weighted by molar-refractivity contribution is -0.141. The highest BCUT2D eigenvalue weighted by Crippen LogP contribution is 2.41. The Kier molecular flexibility index (Phi) is 7.02. The fourth-order valence-electron chi connectivity index (χ4n) is 4.53. The SMILES string of the molecule is CCCC1(NC(=O)c2cc3ccccc3c(Cl)c2NC(=O)c2cc(C(F)(F)F)nn2-c2ncccc2Cl)CC1. The highest BCUT2D eigenvalue weighted by atomic mass is 35.5. The Balaban J connectivity index is 1.60. The molecule has 4 aromatic rings. The van der Waals surface area contributed by atoms with E-state index in [4.69, 9.17) is 23.2 Å². The number of carbonyl (C=O) groups is 2. The van der Waals surface area contributed by atoms with Crippen molar-refractivity contribution in [3.05, 3.63) is 81.7 Å². The van der Waals surface area contributed by atoms with Gasteiger partial charge in [-0.2, -0.15) is 18.3 Å². The van der Waals surface area contributed by atoms with Gasteiger partial charge in [0.15, 0.2) is 11.5 Å². The van der Waals surface area contributed by atoms with Crippen LogP contribution in [0.4, 0.5) is 18.9 Å². The van der Waals surface area contributed by atoms with Crippen LogP contribution < -0.4 is 10.6 Å². The van der Waals surface area contributed by atoms with E-state index in [1.165, 1.54) is 18.3 Å². The molecule has 0 atom stereocenters. The van der Waals surface area contributed by atoms with Gasteiger partial charge in [-0.15, -0.1) is 0 Å². The highest BCUT2D eigenvalue weighted by Gasteiger charge is 2.43. The van der Waals surface area contributed by atoms with Gasteiger partial charge in [-0.1, -0.05) is 60.8 Å². The molecule has 7 nitrogen and oxygen atoms in total. The molecule has 202 valence electrons. The van der Waals surface area contributed by atoms with E-state index < -0.39 is 29.4 Å². The predicted molar refractivity (Wildman–Crippen MR) is 143 cm³/mol. The number of halogens is 5. The van der Waals surface area contributed by atoms with Gasteiger partial charge < -0.3 is 10.6 Å². The van der Waals surface area contributed by atoms with Gasteiger partial charge in [-0.3, -0.25) is 9.59 Å². The number of rotatable bonds is 7. The van der Waals surface area contributed by atoms with Crippen LogP contribution >= 0.6 is 23.2 Å². The molecule has 1 aliphatic carbocycles. The molecule has 1 fully saturated rings. The second-order valence-corrected chi connectivity index (χ2v) is 10.2. The number of nitrogens with zero attached hydrogens (tertiary/aromatic N) is 3. The third-order valence-electron chi connectivity index (χ3n) is 6.60. The molecule has 2 aromatic carbocycles. The molecule has 0 unspecified atom stereocenters. The number of alkyl halides is 3. The zero-order valence-corrected chi connectivity index (χ0v) is 22.1. The molecule has 0 spiro atoms. The molecule has 0 saturated heterocycles. The van der Waals surface area contributed by atoms with Crippen LogP contribution in [0.25, 0.3) is 16.6 Å². The van der Waals surface area contributed by atoms with Gasteiger partial charge in [0.1, 0.15) is 5.69 Å². The molecule has 1 aliphatic rings. The maximum absolute atomic E-state index is 13.6. The average Bonchev–Trinajstić information content (AvgIpc) is 3.48. The van der Waals surface area contributed by atoms with E-state index in [0.29, 0.717) is 16.8 Å². The summed E-state index contributed by atoms with van der Waals surface area (Å²) >= 11 is 12.9. The second-order valence-electron chi connectivity index (χ2n) is 9.41. The number of carbonyl (C=O) groups excluding carboxylic acids is 2. The number of hydrogen-bond donors (Lipinski definition) is 2. The van der Waals surface area contributed by atoms with E-state index >= 15 is 0 Å². The van der Waals surface area contributed by atoms with Gasteiger partial charge >= 0.3 is 6.18 Å². The molecule has 5 rings (SSSR count). The zero-order chi connectivity index (χ0) is 27.9. The molecular formula is C27H22Cl2F3N5O2. The van der Waals surface area contributed by atoms with Crippen molar-refractivity contribution in [2.24, 2.45) is 0 Å². The summed E-state index contributed by atoms with van der Waals surface area (Å²) in [6.45, 7) is 2.02. The highest BCUT2D eigenvalue weighted by molar-refractivity contribution is 6.40. The van der Waals surface area contributed by atoms with Crippen molar-refractivity contribution >= 4 is 51.5 Å². The third kappa shape index (κ3) is 5.31. The monoisotopic (exact) mass is 575 g/mol. The molecule has 12 heteroatoms. The Morgan fingerprint density at radius 1 is 1.08 bits per heavy atom. The van der Waals surface area contributed by atoms with Crippen LogP contribution in [0, 0.1) is 0 Å². The number of amides is 2. The first-order valence-corrected chi connectivity index (χ1v) is 12.9. The second kappa shape index (κ2) is 10.2. The minimum Gasteiger partial charge on any atom is -0.347 e. The molecule has 2 aromatic heterocycles. The van der Waals surface area contributed by atoms with Gasteiger partial charge in [-0.25, -0.2) is 9.67 Å². The molecule has 0 bridgehead atoms. The van der Waals surface area contributed by atoms with Crippen LogP contribution in [0.2, 0.25) is 10.0 Å². The number of anilines is 1. The first kappa shape index (κ1) is 27.0. The fourth-order valence-corrected chi connectivity index (χ4v) is 5.06. The van der Waals surface area contributed by atoms with Crippen LogP contribution in [0.15, 0.2) is 54.7 Å². The Morgan fingerprint density at radius 3 is 2.49 bits per heavy atom. The quantitative estimate of drug-likeness (QED) is 0.247. The lowest BCUT2D eigenvalue weighted by Gasteiger charge is -2.20. The number of hydrogen-bond acceptors (Lipinski definition) is 4. The van der Waals surface area contributed by atoms with Crippen LogP contribution in [-0.2, 0) is 6.18 Å². The van der Waals surface area contributed by atoms with Crippen LogP contribution in [0.1, 0.15) is 59.1 Å². The number of pyridine rings is 1. The average molecular weight is 576 g/mol. The zero-order valence-electron chi connectivity index (χ0n) is 20.6. The maximum atomic E-state index is 13.6. The molecule has 39 heavy (non-hydrogen) atoms. The van der Waals surface area contributed by atoms with Crippen molar-refractivity contribution in [2.75, 3.05) is 5.32 Å². The molecule has 1 saturated carbocycles. The number of benzene rings is 2. The van der Waals surface area contributed by atoms with Gasteiger partial charge in [-0.05, 0) is 42.8 Å². The maximum Gasteiger partial charge on any atom is 0.435 e. The minimum atomic E-state index is -4.84. The summed E-state index contributed by atoms with van der Waals surface area (Å²) in [6, 6.07) is 12.1. The molecule has 2 N–H and O–H groups in total. The summed E-state index contributed by atoms with van der Waals surface area (Å²) in [5, 5.41) is 10.5. The first-order chi connectivity index (χ1) is 18.5. The topological polar surface area (TPSA) is 88.9 Å². The van der Waals surface area contributed by atoms with Gasteiger partial charge in [0.05, 0.1) is 21.3 Å². The Morgan fingerprint density at radius 2 is 1.82 bits per heavy atom. The summed E-state index contributed by atoms with van der Waals surface area (Å²) in [7, 11) is 0. The number of fused-ring (bicyclic) bond motifs is 1. The lowest BCUT2D eigenvalue weighted by atomic mass is 10.0. The van der Waals surface area contributed by atoms with E-state index in [1.54, 1.807) is 30.3 Å². The summed E-state index contributed by atoms with van der Waals surface area (Å²) in [5.74, 6) is -1.60. The van der Waals surface area contributed by atoms with Crippen LogP contribution in [0.3, 0.4) is 0 Å². The Bertz CT molecular complexity index is 1600. The summed E-state index contributed by atoms with van der Waals surface area (Å²) in [5.41, 5.74) is -2.07. The van der Waals surface area contributed by atoms with E-state index in [0.717, 1.165) is 30.4 Å². The summed E-state index contributed by atoms with van der Waals surface area (Å²) in [6.07, 6.45) is -0.189. The van der Waals surface area contributed by atoms with Crippen LogP contribution in [0.5, 0.6) is 0 Å². The van der Waals surface area contributed by atoms with Crippen molar-refractivity contribution in [1.29, 1.82) is 0 Å². The van der Waals surface area contributed by atoms with Crippen molar-refractivity contribution in [3.63, 3.8) is 0 Å². The Labute approximate surface area is 231 Å². The lowest BCUT2D eigenvalue weighted by Crippen LogP contribution is -2.37. The standard InChI is InChI=1S/C27H22Cl2F3N5O2/c1-2-9-26(10-11-26)35-24(38)17-13-15-6-3-4-7-16(15)21(29)22(17)34-25(39)19-14-20(27(30,31)32)36-37(19)23-18(28)8-5-12-33-23/h3-8,12-14H,2,9-11H2,1H3,(H,34,39)(H,35,38). The van der Waals surface area contributed by atoms with Gasteiger partial charge in [0.2, 0.25) is 0 Å². The van der Waals surface area contributed by atoms with Gasteiger partial charge in [0.25, 0.3) is 11.8 Å². The van der Waals surface area contributed by atoms with Gasteiger partial charge in [0, 0.05) is 23.2 Å². The van der Waals surface area contributed by atoms with Crippen LogP contribution in [-0.4, -0.2) is 32.1 Å². The first-order valence-electron chi connectivity index (χ1n) is 12.2. The number of nitrogens with one attached hydrogen (secondary N) is 2. The molecule has 2 amide bonds.